The van der Waals surface area contributed by atoms with E-state index in [0.29, 0.717) is 47.7 Å². The molecule has 11 heteroatoms. The minimum absolute atomic E-state index is 0.00380. The van der Waals surface area contributed by atoms with Crippen molar-refractivity contribution in [1.29, 1.82) is 0 Å². The Labute approximate surface area is 223 Å². The van der Waals surface area contributed by atoms with Gasteiger partial charge in [0, 0.05) is 42.7 Å². The number of nitrogens with zero attached hydrogens (tertiary/aromatic N) is 3. The number of aliphatic hydroxyl groups is 2. The summed E-state index contributed by atoms with van der Waals surface area (Å²) in [6.07, 6.45) is 0.0600. The van der Waals surface area contributed by atoms with Crippen LogP contribution in [0.15, 0.2) is 23.0 Å². The largest absolute Gasteiger partial charge is 0.460 e. The molecule has 6 rings (SSSR count). The second-order valence-electron chi connectivity index (χ2n) is 10.5. The summed E-state index contributed by atoms with van der Waals surface area (Å²) in [5.41, 5.74) is 4.17. The number of nitrogens with one attached hydrogen (secondary N) is 1. The van der Waals surface area contributed by atoms with Crippen LogP contribution in [0.3, 0.4) is 0 Å². The maximum absolute atomic E-state index is 14.6. The number of fused-ring (bicyclic) bond motifs is 5. The lowest BCUT2D eigenvalue weighted by Gasteiger charge is -2.33. The van der Waals surface area contributed by atoms with Crippen LogP contribution < -0.4 is 10.9 Å². The van der Waals surface area contributed by atoms with E-state index >= 15 is 0 Å². The first-order valence-electron chi connectivity index (χ1n) is 13.1. The molecule has 1 aromatic carbocycles. The molecule has 204 valence electrons. The van der Waals surface area contributed by atoms with Gasteiger partial charge in [0.1, 0.15) is 19.0 Å². The van der Waals surface area contributed by atoms with Crippen LogP contribution >= 0.6 is 0 Å². The summed E-state index contributed by atoms with van der Waals surface area (Å²) in [4.78, 5) is 44.1. The lowest BCUT2D eigenvalue weighted by Crippen LogP contribution is -2.45. The molecule has 3 N–H and O–H groups in total. The van der Waals surface area contributed by atoms with Crippen molar-refractivity contribution in [2.75, 3.05) is 19.7 Å². The van der Waals surface area contributed by atoms with Crippen molar-refractivity contribution in [3.63, 3.8) is 0 Å². The molecule has 3 aromatic rings. The van der Waals surface area contributed by atoms with Crippen LogP contribution in [0.1, 0.15) is 53.2 Å². The third-order valence-electron chi connectivity index (χ3n) is 8.05. The molecular formula is C28H29FN4O6. The number of halogens is 1. The zero-order chi connectivity index (χ0) is 27.4. The highest BCUT2D eigenvalue weighted by atomic mass is 19.1. The first kappa shape index (κ1) is 25.6. The molecule has 3 aliphatic rings. The number of hydrogen-bond acceptors (Lipinski definition) is 8. The average Bonchev–Trinajstić information content (AvgIpc) is 3.21. The van der Waals surface area contributed by atoms with Crippen molar-refractivity contribution in [3.05, 3.63) is 62.2 Å². The quantitative estimate of drug-likeness (QED) is 0.334. The van der Waals surface area contributed by atoms with Crippen LogP contribution in [0.4, 0.5) is 4.39 Å². The summed E-state index contributed by atoms with van der Waals surface area (Å²) in [7, 11) is 0. The predicted octanol–water partition coefficient (Wildman–Crippen LogP) is 1.43. The molecule has 1 saturated heterocycles. The zero-order valence-corrected chi connectivity index (χ0v) is 21.5. The average molecular weight is 537 g/mol. The normalized spacial score (nSPS) is 19.3. The highest BCUT2D eigenvalue weighted by Crippen LogP contribution is 2.39. The van der Waals surface area contributed by atoms with Gasteiger partial charge >= 0.3 is 5.97 Å². The lowest BCUT2D eigenvalue weighted by molar-refractivity contribution is -0.146. The molecule has 1 fully saturated rings. The Balaban J connectivity index is 1.42. The van der Waals surface area contributed by atoms with Gasteiger partial charge in [-0.3, -0.25) is 19.3 Å². The molecule has 5 heterocycles. The van der Waals surface area contributed by atoms with Gasteiger partial charge in [0.25, 0.3) is 5.56 Å². The Bertz CT molecular complexity index is 1580. The highest BCUT2D eigenvalue weighted by molar-refractivity contribution is 5.88. The number of carbonyl (C=O) groups is 2. The molecule has 1 unspecified atom stereocenters. The van der Waals surface area contributed by atoms with E-state index in [1.807, 2.05) is 0 Å². The van der Waals surface area contributed by atoms with Gasteiger partial charge in [0.05, 0.1) is 41.5 Å². The molecule has 3 aliphatic heterocycles. The molecular weight excluding hydrogens is 507 g/mol. The van der Waals surface area contributed by atoms with E-state index in [2.05, 4.69) is 10.2 Å². The van der Waals surface area contributed by atoms with E-state index in [1.54, 1.807) is 23.6 Å². The number of benzene rings is 1. The number of aryl methyl sites for hydroxylation is 1. The summed E-state index contributed by atoms with van der Waals surface area (Å²) in [5.74, 6) is -1.32. The Morgan fingerprint density at radius 2 is 1.97 bits per heavy atom. The number of amides is 1. The van der Waals surface area contributed by atoms with E-state index < -0.39 is 18.7 Å². The fraction of sp³-hybridized carbons (Fsp3) is 0.429. The molecule has 0 radical (unpaired) electrons. The molecule has 1 amide bonds. The number of aliphatic hydroxyl groups excluding tert-OH is 2. The molecule has 10 nitrogen and oxygen atoms in total. The topological polar surface area (TPSA) is 134 Å². The van der Waals surface area contributed by atoms with Gasteiger partial charge < -0.3 is 24.8 Å². The second-order valence-corrected chi connectivity index (χ2v) is 10.5. The van der Waals surface area contributed by atoms with Gasteiger partial charge in [0.15, 0.2) is 0 Å². The Hall–Kier alpha value is -3.67. The number of aromatic nitrogens is 2. The minimum atomic E-state index is -1.16. The van der Waals surface area contributed by atoms with Gasteiger partial charge in [-0.1, -0.05) is 0 Å². The third-order valence-corrected chi connectivity index (χ3v) is 8.05. The number of esters is 1. The number of ether oxygens (including phenoxy) is 1. The van der Waals surface area contributed by atoms with Crippen LogP contribution in [0.2, 0.25) is 0 Å². The molecule has 39 heavy (non-hydrogen) atoms. The highest BCUT2D eigenvalue weighted by Gasteiger charge is 2.33. The van der Waals surface area contributed by atoms with Crippen molar-refractivity contribution in [3.8, 4) is 11.4 Å². The lowest BCUT2D eigenvalue weighted by atomic mass is 9.96. The number of likely N-dealkylation sites (tertiary alicyclic amines) is 1. The molecule has 0 spiro atoms. The summed E-state index contributed by atoms with van der Waals surface area (Å²) in [6, 6.07) is 4.91. The fourth-order valence-corrected chi connectivity index (χ4v) is 5.93. The van der Waals surface area contributed by atoms with Gasteiger partial charge in [0.2, 0.25) is 5.91 Å². The van der Waals surface area contributed by atoms with Crippen molar-refractivity contribution in [2.24, 2.45) is 0 Å². The van der Waals surface area contributed by atoms with Crippen LogP contribution in [0.5, 0.6) is 0 Å². The Kier molecular flexibility index (Phi) is 6.44. The standard InChI is InChI=1S/C28H29FN4O6/c1-14-6-16-18(10-32-4-2-15(3-5-32)30-25(36)12-34)19-11-33-23(27(19)31-22(16)8-21(14)29)7-17-20(28(33)38)13-39-26(37)9-24(17)35/h6-8,15,24,34-35H,2-5,9-13H2,1H3,(H,30,36). The van der Waals surface area contributed by atoms with E-state index in [9.17, 15) is 23.9 Å². The number of carbonyl (C=O) groups excluding carboxylic acids is 2. The number of cyclic esters (lactones) is 1. The van der Waals surface area contributed by atoms with E-state index in [0.717, 1.165) is 29.4 Å². The summed E-state index contributed by atoms with van der Waals surface area (Å²) >= 11 is 0. The van der Waals surface area contributed by atoms with Crippen molar-refractivity contribution < 1.29 is 28.9 Å². The first-order chi connectivity index (χ1) is 18.7. The molecule has 0 saturated carbocycles. The smallest absolute Gasteiger partial charge is 0.309 e. The predicted molar refractivity (Wildman–Crippen MR) is 138 cm³/mol. The van der Waals surface area contributed by atoms with E-state index in [1.165, 1.54) is 6.07 Å². The number of hydrogen-bond donors (Lipinski definition) is 3. The van der Waals surface area contributed by atoms with Gasteiger partial charge in [-0.2, -0.15) is 0 Å². The first-order valence-corrected chi connectivity index (χ1v) is 13.1. The molecule has 2 aromatic heterocycles. The SMILES string of the molecule is Cc1cc2c(CN3CCC(NC(=O)CO)CC3)c3c(nc2cc1F)-c1cc2c(c(=O)n1C3)COC(=O)CC2O. The minimum Gasteiger partial charge on any atom is -0.460 e. The van der Waals surface area contributed by atoms with Crippen molar-refractivity contribution >= 4 is 22.8 Å². The summed E-state index contributed by atoms with van der Waals surface area (Å²) in [6.45, 7) is 3.22. The molecule has 1 atom stereocenters. The van der Waals surface area contributed by atoms with Crippen LogP contribution in [0, 0.1) is 12.7 Å². The third kappa shape index (κ3) is 4.50. The zero-order valence-electron chi connectivity index (χ0n) is 21.5. The van der Waals surface area contributed by atoms with Crippen LogP contribution in [-0.2, 0) is 34.0 Å². The van der Waals surface area contributed by atoms with Gasteiger partial charge in [-0.25, -0.2) is 9.37 Å². The molecule has 0 bridgehead atoms. The maximum atomic E-state index is 14.6. The van der Waals surface area contributed by atoms with Crippen molar-refractivity contribution in [1.82, 2.24) is 19.8 Å². The second kappa shape index (κ2) is 9.82. The number of rotatable bonds is 4. The molecule has 0 aliphatic carbocycles. The van der Waals surface area contributed by atoms with E-state index in [4.69, 9.17) is 14.8 Å². The van der Waals surface area contributed by atoms with Gasteiger partial charge in [-0.05, 0) is 48.6 Å². The summed E-state index contributed by atoms with van der Waals surface area (Å²) < 4.78 is 21.4. The maximum Gasteiger partial charge on any atom is 0.309 e. The number of pyridine rings is 2. The monoisotopic (exact) mass is 536 g/mol. The van der Waals surface area contributed by atoms with Crippen LogP contribution in [-0.4, -0.2) is 62.3 Å². The Morgan fingerprint density at radius 3 is 2.72 bits per heavy atom. The van der Waals surface area contributed by atoms with Crippen LogP contribution in [0.25, 0.3) is 22.3 Å². The Morgan fingerprint density at radius 1 is 1.21 bits per heavy atom. The van der Waals surface area contributed by atoms with E-state index in [-0.39, 0.29) is 48.5 Å². The number of piperidine rings is 1. The van der Waals surface area contributed by atoms with Gasteiger partial charge in [-0.15, -0.1) is 0 Å². The summed E-state index contributed by atoms with van der Waals surface area (Å²) in [5, 5.41) is 23.3. The fourth-order valence-electron chi connectivity index (χ4n) is 5.93. The van der Waals surface area contributed by atoms with Crippen molar-refractivity contribution in [2.45, 2.75) is 58.0 Å².